The number of hydrogen-bond donors (Lipinski definition) is 8. The lowest BCUT2D eigenvalue weighted by Gasteiger charge is -2.41. The van der Waals surface area contributed by atoms with Crippen molar-refractivity contribution in [2.45, 2.75) is 299 Å². The van der Waals surface area contributed by atoms with Gasteiger partial charge in [0.25, 0.3) is 23.6 Å². The van der Waals surface area contributed by atoms with E-state index in [2.05, 4.69) is 21.3 Å². The Kier molecular flexibility index (Phi) is 31.1. The maximum atomic E-state index is 13.6. The van der Waals surface area contributed by atoms with E-state index in [9.17, 15) is 43.2 Å². The molecule has 3 unspecified atom stereocenters. The van der Waals surface area contributed by atoms with Crippen LogP contribution in [0.15, 0.2) is 178 Å². The van der Waals surface area contributed by atoms with Crippen molar-refractivity contribution >= 4 is 100 Å². The average molecular weight is 2090 g/mol. The molecule has 0 radical (unpaired) electrons. The van der Waals surface area contributed by atoms with Crippen molar-refractivity contribution in [2.24, 2.45) is 42.9 Å². The molecule has 8 amide bonds. The number of ether oxygens (including phenoxy) is 9. The van der Waals surface area contributed by atoms with Crippen LogP contribution in [0.2, 0.25) is 10.0 Å². The van der Waals surface area contributed by atoms with Crippen LogP contribution in [0.4, 0.5) is 0 Å². The first-order valence-corrected chi connectivity index (χ1v) is 53.0. The Bertz CT molecular complexity index is 6510. The molecule has 20 rings (SSSR count). The summed E-state index contributed by atoms with van der Waals surface area (Å²) in [7, 11) is 1.61. The molecule has 794 valence electrons. The van der Waals surface area contributed by atoms with Crippen LogP contribution in [-0.2, 0) is 28.7 Å². The largest absolute Gasteiger partial charge is 0.493 e. The molecule has 150 heavy (non-hydrogen) atoms. The van der Waals surface area contributed by atoms with E-state index in [1.54, 1.807) is 99.5 Å². The van der Waals surface area contributed by atoms with Crippen molar-refractivity contribution in [2.75, 3.05) is 40.1 Å². The minimum absolute atomic E-state index is 0.0469. The van der Waals surface area contributed by atoms with Gasteiger partial charge in [-0.15, -0.1) is 0 Å². The van der Waals surface area contributed by atoms with E-state index in [4.69, 9.17) is 109 Å². The number of nitrogens with two attached hydrogens (primary N) is 4. The molecule has 0 saturated carbocycles. The predicted octanol–water partition coefficient (Wildman–Crippen LogP) is 17.9. The van der Waals surface area contributed by atoms with Gasteiger partial charge in [-0.3, -0.25) is 62.8 Å². The number of aliphatic imine (C=N–C) groups is 4. The zero-order chi connectivity index (χ0) is 107. The van der Waals surface area contributed by atoms with Gasteiger partial charge in [0.1, 0.15) is 57.2 Å². The Hall–Kier alpha value is -14.0. The fraction of sp³-hybridized carbons (Fsp3) is 0.465. The lowest BCUT2D eigenvalue weighted by molar-refractivity contribution is -0.136. The highest BCUT2D eigenvalue weighted by Crippen LogP contribution is 2.52. The van der Waals surface area contributed by atoms with E-state index in [1.165, 1.54) is 0 Å². The lowest BCUT2D eigenvalue weighted by atomic mass is 9.86. The van der Waals surface area contributed by atoms with E-state index in [0.717, 1.165) is 96.4 Å². The second kappa shape index (κ2) is 43.5. The molecule has 12 aliphatic rings. The maximum absolute atomic E-state index is 13.6. The van der Waals surface area contributed by atoms with Crippen LogP contribution in [0.25, 0.3) is 0 Å². The highest BCUT2D eigenvalue weighted by molar-refractivity contribution is 6.33. The smallest absolute Gasteiger partial charge is 0.313 e. The summed E-state index contributed by atoms with van der Waals surface area (Å²) in [6.07, 6.45) is 10.5. The quantitative estimate of drug-likeness (QED) is 0.0231. The van der Waals surface area contributed by atoms with Crippen LogP contribution in [0.1, 0.15) is 346 Å². The number of benzene rings is 8. The second-order valence-corrected chi connectivity index (χ2v) is 42.8. The SMILES string of the molecule is CCC1(CC)CC(=O)N([C@@H]2CCOc3c(Cl)cc(C(=O)N[C@@H]4CC(C)(C)Oc5ccccc54)cc32)C(N)=N1.CCC1(CC)CC(=O)N([C@@H]2CCOc3c(Cl)cc(C(=O)N[C@H]4CC(C)(C)Oc5ccccc54)cc32)C(N)=N1.CCC1(CC)CC(=O)N([C@@H]2CCOc3ccc(C(=O)NC4CC(=O)Oc5ccccc54)cc32)C(N)=N1.CCC1(CC)CC(=O)N([C@@H]2CCOc3ccc(C(=O)NC4c5ccccc5OC4(C)COC)cc32)C(N)=N1. The third kappa shape index (κ3) is 21.6. The molecule has 8 aromatic carbocycles. The topological polar surface area (TPSA) is 451 Å². The monoisotopic (exact) mass is 2090 g/mol. The van der Waals surface area contributed by atoms with Crippen molar-refractivity contribution in [3.05, 3.63) is 235 Å². The van der Waals surface area contributed by atoms with Crippen LogP contribution in [0, 0.1) is 0 Å². The normalized spacial score (nSPS) is 23.7. The van der Waals surface area contributed by atoms with Gasteiger partial charge < -0.3 is 86.8 Å². The minimum atomic E-state index is -0.760. The van der Waals surface area contributed by atoms with Crippen molar-refractivity contribution in [1.29, 1.82) is 0 Å². The van der Waals surface area contributed by atoms with Gasteiger partial charge in [0, 0.05) is 112 Å². The van der Waals surface area contributed by atoms with Gasteiger partial charge in [-0.1, -0.05) is 151 Å². The van der Waals surface area contributed by atoms with Crippen LogP contribution in [-0.4, -0.2) is 176 Å². The number of nitrogens with zero attached hydrogens (tertiary/aromatic N) is 8. The first-order valence-electron chi connectivity index (χ1n) is 52.2. The standard InChI is InChI=1S/2C29H35ClN4O4.C29H36N4O5.C27H30N4O5/c2*1-5-29(6-2)16-24(35)34(27(31)33-29)22-11-12-37-25-19(22)13-17(14-20(25)30)26(36)32-21-15-28(3,4)38-23-10-8-7-9-18(21)23;1-5-29(6-2)16-24(34)33(27(30)32-29)21-13-14-37-22-12-11-18(15-20(21)22)26(35)31-25-19-9-7-8-10-23(19)38-28(25,3)17-36-4;1-3-27(4-2)15-23(32)31(26(28)30-27)20-11-12-35-21-10-9-16(13-18(20)21)25(34)29-19-14-24(33)36-22-8-6-5-7-17(19)22/h2*7-10,13-14,21-22H,5-6,11-12,15-16H2,1-4H3,(H2,31,33)(H,32,36);7-12,15,21,25H,5-6,13-14,16-17H2,1-4H3,(H2,30,32)(H,31,35);5-10,13,19-20H,3-4,11-12,14-15H2,1-2H3,(H2,28,30)(H,29,34)/t21-,22+;21-,22-;21-,25?,28?;19?,20-/m0111/s1. The van der Waals surface area contributed by atoms with E-state index >= 15 is 0 Å². The summed E-state index contributed by atoms with van der Waals surface area (Å²) in [4.78, 5) is 145. The van der Waals surface area contributed by atoms with Gasteiger partial charge in [0.05, 0.1) is 146 Å². The zero-order valence-corrected chi connectivity index (χ0v) is 89.1. The Morgan fingerprint density at radius 1 is 0.367 bits per heavy atom. The molecular formula is C114H136Cl2N16O18. The van der Waals surface area contributed by atoms with Crippen molar-refractivity contribution < 1.29 is 85.8 Å². The van der Waals surface area contributed by atoms with Gasteiger partial charge in [-0.25, -0.2) is 20.0 Å². The first kappa shape index (κ1) is 107. The van der Waals surface area contributed by atoms with Crippen LogP contribution in [0.5, 0.6) is 46.0 Å². The number of halogens is 2. The molecule has 8 aromatic rings. The number of guanidine groups is 4. The number of carbonyl (C=O) groups excluding carboxylic acids is 9. The number of amides is 8. The number of rotatable bonds is 22. The molecule has 0 aromatic heterocycles. The van der Waals surface area contributed by atoms with Gasteiger partial charge in [-0.2, -0.15) is 0 Å². The number of esters is 1. The maximum Gasteiger partial charge on any atom is 0.313 e. The van der Waals surface area contributed by atoms with Crippen molar-refractivity contribution in [3.8, 4) is 46.0 Å². The summed E-state index contributed by atoms with van der Waals surface area (Å²) in [5, 5.41) is 13.1. The Labute approximate surface area is 884 Å². The molecule has 12 N–H and O–H groups in total. The molecule has 0 saturated heterocycles. The molecule has 36 heteroatoms. The second-order valence-electron chi connectivity index (χ2n) is 42.0. The first-order chi connectivity index (χ1) is 71.7. The number of hydrogen-bond acceptors (Lipinski definition) is 26. The van der Waals surface area contributed by atoms with Gasteiger partial charge >= 0.3 is 5.97 Å². The molecule has 12 heterocycles. The van der Waals surface area contributed by atoms with Crippen LogP contribution in [0.3, 0.4) is 0 Å². The number of fused-ring (bicyclic) bond motifs is 8. The third-order valence-corrected chi connectivity index (χ3v) is 32.1. The molecule has 9 atom stereocenters. The van der Waals surface area contributed by atoms with Gasteiger partial charge in [0.15, 0.2) is 29.4 Å². The Morgan fingerprint density at radius 3 is 1.03 bits per heavy atom. The number of nitrogens with one attached hydrogen (secondary N) is 4. The average Bonchev–Trinajstić information content (AvgIpc) is 1.46. The number of carbonyl (C=O) groups is 9. The third-order valence-electron chi connectivity index (χ3n) is 31.6. The Morgan fingerprint density at radius 2 is 0.673 bits per heavy atom. The molecule has 0 bridgehead atoms. The number of para-hydroxylation sites is 4. The minimum Gasteiger partial charge on any atom is -0.493 e. The highest BCUT2D eigenvalue weighted by atomic mass is 35.5. The van der Waals surface area contributed by atoms with Crippen LogP contribution < -0.4 is 82.1 Å². The Balaban J connectivity index is 0.000000136. The zero-order valence-electron chi connectivity index (χ0n) is 87.6. The summed E-state index contributed by atoms with van der Waals surface area (Å²) in [6.45, 7) is 28.1. The molecule has 12 aliphatic heterocycles. The fourth-order valence-electron chi connectivity index (χ4n) is 22.9. The molecule has 0 spiro atoms. The van der Waals surface area contributed by atoms with E-state index in [-0.39, 0.29) is 102 Å². The molecule has 34 nitrogen and oxygen atoms in total. The van der Waals surface area contributed by atoms with Crippen LogP contribution >= 0.6 is 23.2 Å². The van der Waals surface area contributed by atoms with Gasteiger partial charge in [-0.05, 0) is 171 Å². The highest BCUT2D eigenvalue weighted by Gasteiger charge is 2.51. The van der Waals surface area contributed by atoms with Gasteiger partial charge in [0.2, 0.25) is 23.6 Å². The predicted molar refractivity (Wildman–Crippen MR) is 569 cm³/mol. The fourth-order valence-corrected chi connectivity index (χ4v) is 23.4. The summed E-state index contributed by atoms with van der Waals surface area (Å²) < 4.78 is 52.6. The summed E-state index contributed by atoms with van der Waals surface area (Å²) in [5.74, 6) is 3.94. The molecular weight excluding hydrogens is 1950 g/mol. The molecule has 0 fully saturated rings. The van der Waals surface area contributed by atoms with Crippen molar-refractivity contribution in [3.63, 3.8) is 0 Å². The molecule has 0 aliphatic carbocycles. The summed E-state index contributed by atoms with van der Waals surface area (Å²) >= 11 is 13.3. The number of methoxy groups -OCH3 is 1. The van der Waals surface area contributed by atoms with E-state index < -0.39 is 69.1 Å². The lowest BCUT2D eigenvalue weighted by Crippen LogP contribution is -2.53. The summed E-state index contributed by atoms with van der Waals surface area (Å²) in [5.41, 5.74) is 30.0. The summed E-state index contributed by atoms with van der Waals surface area (Å²) in [6, 6.07) is 44.6. The van der Waals surface area contributed by atoms with E-state index in [0.29, 0.717) is 175 Å². The van der Waals surface area contributed by atoms with Crippen molar-refractivity contribution in [1.82, 2.24) is 40.9 Å². The van der Waals surface area contributed by atoms with E-state index in [1.807, 2.05) is 175 Å².